The van der Waals surface area contributed by atoms with Gasteiger partial charge in [-0.15, -0.1) is 0 Å². The number of halogens is 1. The van der Waals surface area contributed by atoms with Gasteiger partial charge in [-0.25, -0.2) is 4.98 Å². The maximum Gasteiger partial charge on any atom is 0.243 e. The number of ether oxygens (including phenoxy) is 1. The molecule has 0 unspecified atom stereocenters. The third kappa shape index (κ3) is 2.47. The van der Waals surface area contributed by atoms with E-state index >= 15 is 0 Å². The second-order valence-corrected chi connectivity index (χ2v) is 4.10. The Morgan fingerprint density at radius 1 is 1.18 bits per heavy atom. The van der Waals surface area contributed by atoms with Gasteiger partial charge in [0.25, 0.3) is 0 Å². The van der Waals surface area contributed by atoms with E-state index in [2.05, 4.69) is 9.97 Å². The van der Waals surface area contributed by atoms with E-state index in [-0.39, 0.29) is 16.7 Å². The molecule has 2 rings (SSSR count). The Morgan fingerprint density at radius 3 is 2.65 bits per heavy atom. The van der Waals surface area contributed by atoms with Crippen molar-refractivity contribution in [2.45, 2.75) is 13.8 Å². The molecule has 2 aromatic rings. The van der Waals surface area contributed by atoms with Crippen LogP contribution in [0.25, 0.3) is 0 Å². The zero-order chi connectivity index (χ0) is 12.4. The number of aromatic nitrogens is 2. The summed E-state index contributed by atoms with van der Waals surface area (Å²) in [6, 6.07) is 5.75. The summed E-state index contributed by atoms with van der Waals surface area (Å²) in [5.41, 5.74) is 7.90. The molecule has 88 valence electrons. The van der Waals surface area contributed by atoms with Crippen molar-refractivity contribution in [3.63, 3.8) is 0 Å². The standard InChI is InChI=1S/C12H12ClN3O/c1-7-3-4-9(5-8(7)2)17-12-10(13)11(14)15-6-16-12/h3-6H,1-2H3,(H2,14,15,16). The molecular weight excluding hydrogens is 238 g/mol. The van der Waals surface area contributed by atoms with Crippen LogP contribution in [-0.4, -0.2) is 9.97 Å². The van der Waals surface area contributed by atoms with Gasteiger partial charge in [-0.1, -0.05) is 17.7 Å². The minimum absolute atomic E-state index is 0.209. The van der Waals surface area contributed by atoms with Gasteiger partial charge in [-0.05, 0) is 37.1 Å². The van der Waals surface area contributed by atoms with Gasteiger partial charge < -0.3 is 10.5 Å². The van der Waals surface area contributed by atoms with Crippen LogP contribution in [0.15, 0.2) is 24.5 Å². The average molecular weight is 250 g/mol. The molecule has 0 aliphatic rings. The van der Waals surface area contributed by atoms with Gasteiger partial charge in [0, 0.05) is 0 Å². The zero-order valence-corrected chi connectivity index (χ0v) is 10.3. The molecule has 0 atom stereocenters. The zero-order valence-electron chi connectivity index (χ0n) is 9.57. The van der Waals surface area contributed by atoms with Crippen molar-refractivity contribution in [2.75, 3.05) is 5.73 Å². The van der Waals surface area contributed by atoms with Gasteiger partial charge in [0.05, 0.1) is 0 Å². The predicted octanol–water partition coefficient (Wildman–Crippen LogP) is 3.12. The highest BCUT2D eigenvalue weighted by atomic mass is 35.5. The number of anilines is 1. The van der Waals surface area contributed by atoms with Gasteiger partial charge >= 0.3 is 0 Å². The Morgan fingerprint density at radius 2 is 1.94 bits per heavy atom. The van der Waals surface area contributed by atoms with Gasteiger partial charge in [-0.3, -0.25) is 0 Å². The van der Waals surface area contributed by atoms with Crippen LogP contribution < -0.4 is 10.5 Å². The molecule has 0 aliphatic heterocycles. The maximum absolute atomic E-state index is 5.94. The number of nitrogens with two attached hydrogens (primary N) is 1. The van der Waals surface area contributed by atoms with Gasteiger partial charge in [0.15, 0.2) is 0 Å². The largest absolute Gasteiger partial charge is 0.437 e. The number of benzene rings is 1. The highest BCUT2D eigenvalue weighted by Gasteiger charge is 2.09. The smallest absolute Gasteiger partial charge is 0.243 e. The second kappa shape index (κ2) is 4.59. The van der Waals surface area contributed by atoms with E-state index in [4.69, 9.17) is 22.1 Å². The molecule has 0 saturated heterocycles. The Labute approximate surface area is 104 Å². The molecule has 0 radical (unpaired) electrons. The molecule has 0 amide bonds. The third-order valence-electron chi connectivity index (χ3n) is 2.48. The first-order chi connectivity index (χ1) is 8.08. The van der Waals surface area contributed by atoms with E-state index in [0.29, 0.717) is 5.75 Å². The average Bonchev–Trinajstić information content (AvgIpc) is 2.30. The van der Waals surface area contributed by atoms with E-state index in [9.17, 15) is 0 Å². The third-order valence-corrected chi connectivity index (χ3v) is 2.83. The molecule has 1 aromatic heterocycles. The first-order valence-corrected chi connectivity index (χ1v) is 5.47. The van der Waals surface area contributed by atoms with Crippen molar-refractivity contribution >= 4 is 17.4 Å². The molecule has 17 heavy (non-hydrogen) atoms. The summed E-state index contributed by atoms with van der Waals surface area (Å²) in [5, 5.41) is 0.228. The van der Waals surface area contributed by atoms with E-state index in [0.717, 1.165) is 5.56 Å². The quantitative estimate of drug-likeness (QED) is 0.888. The van der Waals surface area contributed by atoms with Gasteiger partial charge in [0.1, 0.15) is 22.9 Å². The highest BCUT2D eigenvalue weighted by Crippen LogP contribution is 2.30. The Hall–Kier alpha value is -1.81. The fourth-order valence-electron chi connectivity index (χ4n) is 1.33. The van der Waals surface area contributed by atoms with E-state index in [1.807, 2.05) is 32.0 Å². The van der Waals surface area contributed by atoms with Crippen molar-refractivity contribution in [2.24, 2.45) is 0 Å². The summed E-state index contributed by atoms with van der Waals surface area (Å²) in [7, 11) is 0. The molecular formula is C12H12ClN3O. The minimum Gasteiger partial charge on any atom is -0.437 e. The molecule has 0 aliphatic carbocycles. The van der Waals surface area contributed by atoms with Crippen LogP contribution >= 0.6 is 11.6 Å². The lowest BCUT2D eigenvalue weighted by molar-refractivity contribution is 0.462. The van der Waals surface area contributed by atoms with Crippen molar-refractivity contribution in [1.29, 1.82) is 0 Å². The Kier molecular flexibility index (Phi) is 3.15. The number of hydrogen-bond donors (Lipinski definition) is 1. The summed E-state index contributed by atoms with van der Waals surface area (Å²) in [6.07, 6.45) is 1.32. The van der Waals surface area contributed by atoms with Crippen LogP contribution in [0.1, 0.15) is 11.1 Å². The van der Waals surface area contributed by atoms with Crippen molar-refractivity contribution in [1.82, 2.24) is 9.97 Å². The Bertz CT molecular complexity index is 557. The summed E-state index contributed by atoms with van der Waals surface area (Å²) in [4.78, 5) is 7.71. The second-order valence-electron chi connectivity index (χ2n) is 3.73. The summed E-state index contributed by atoms with van der Waals surface area (Å²) in [6.45, 7) is 4.05. The minimum atomic E-state index is 0.209. The lowest BCUT2D eigenvalue weighted by Crippen LogP contribution is -1.96. The molecule has 2 N–H and O–H groups in total. The predicted molar refractivity (Wildman–Crippen MR) is 67.4 cm³/mol. The van der Waals surface area contributed by atoms with E-state index < -0.39 is 0 Å². The molecule has 1 aromatic carbocycles. The van der Waals surface area contributed by atoms with Crippen LogP contribution in [-0.2, 0) is 0 Å². The SMILES string of the molecule is Cc1ccc(Oc2ncnc(N)c2Cl)cc1C. The monoisotopic (exact) mass is 249 g/mol. The lowest BCUT2D eigenvalue weighted by Gasteiger charge is -2.08. The van der Waals surface area contributed by atoms with Crippen LogP contribution in [0.3, 0.4) is 0 Å². The Balaban J connectivity index is 2.31. The van der Waals surface area contributed by atoms with Crippen LogP contribution in [0.2, 0.25) is 5.02 Å². The van der Waals surface area contributed by atoms with Crippen LogP contribution in [0.5, 0.6) is 11.6 Å². The molecule has 0 bridgehead atoms. The summed E-state index contributed by atoms with van der Waals surface area (Å²) >= 11 is 5.94. The number of nitrogen functional groups attached to an aromatic ring is 1. The molecule has 5 heteroatoms. The van der Waals surface area contributed by atoms with Gasteiger partial charge in [-0.2, -0.15) is 4.98 Å². The molecule has 0 saturated carbocycles. The van der Waals surface area contributed by atoms with E-state index in [1.165, 1.54) is 11.9 Å². The topological polar surface area (TPSA) is 61.0 Å². The summed E-state index contributed by atoms with van der Waals surface area (Å²) < 4.78 is 5.56. The van der Waals surface area contributed by atoms with Gasteiger partial charge in [0.2, 0.25) is 5.88 Å². The lowest BCUT2D eigenvalue weighted by atomic mass is 10.1. The maximum atomic E-state index is 5.94. The fourth-order valence-corrected chi connectivity index (χ4v) is 1.46. The molecule has 4 nitrogen and oxygen atoms in total. The van der Waals surface area contributed by atoms with Crippen LogP contribution in [0, 0.1) is 13.8 Å². The number of nitrogens with zero attached hydrogens (tertiary/aromatic N) is 2. The first-order valence-electron chi connectivity index (χ1n) is 5.09. The van der Waals surface area contributed by atoms with Crippen molar-refractivity contribution in [3.8, 4) is 11.6 Å². The van der Waals surface area contributed by atoms with Crippen molar-refractivity contribution < 1.29 is 4.74 Å². The van der Waals surface area contributed by atoms with Crippen LogP contribution in [0.4, 0.5) is 5.82 Å². The molecule has 0 spiro atoms. The summed E-state index contributed by atoms with van der Waals surface area (Å²) in [5.74, 6) is 1.15. The molecule has 1 heterocycles. The number of hydrogen-bond acceptors (Lipinski definition) is 4. The fraction of sp³-hybridized carbons (Fsp3) is 0.167. The molecule has 0 fully saturated rings. The number of rotatable bonds is 2. The highest BCUT2D eigenvalue weighted by molar-refractivity contribution is 6.34. The first kappa shape index (κ1) is 11.7. The number of aryl methyl sites for hydroxylation is 2. The van der Waals surface area contributed by atoms with Crippen molar-refractivity contribution in [3.05, 3.63) is 40.7 Å². The normalized spacial score (nSPS) is 10.3. The van der Waals surface area contributed by atoms with E-state index in [1.54, 1.807) is 0 Å².